The molecule has 0 N–H and O–H groups in total. The van der Waals surface area contributed by atoms with Gasteiger partial charge in [0, 0.05) is 33.4 Å². The topological polar surface area (TPSA) is 8.17 Å². The van der Waals surface area contributed by atoms with Crippen molar-refractivity contribution in [2.24, 2.45) is 0 Å². The van der Waals surface area contributed by atoms with Crippen LogP contribution in [0.4, 0.5) is 17.1 Å². The summed E-state index contributed by atoms with van der Waals surface area (Å²) in [6, 6.07) is 64.9. The minimum Gasteiger partial charge on any atom is -0.310 e. The van der Waals surface area contributed by atoms with Crippen LogP contribution in [0.3, 0.4) is 0 Å². The zero-order valence-electron chi connectivity index (χ0n) is 33.4. The molecule has 0 saturated heterocycles. The summed E-state index contributed by atoms with van der Waals surface area (Å²) in [4.78, 5) is 1.91. The van der Waals surface area contributed by atoms with Crippen LogP contribution in [0.2, 0.25) is 0 Å². The molecule has 1 aromatic heterocycles. The fourth-order valence-electron chi connectivity index (χ4n) is 7.72. The highest BCUT2D eigenvalue weighted by Crippen LogP contribution is 2.45. The first-order valence-electron chi connectivity index (χ1n) is 20.2. The van der Waals surface area contributed by atoms with E-state index in [9.17, 15) is 5.48 Å². The molecule has 54 heavy (non-hydrogen) atoms. The second kappa shape index (κ2) is 13.4. The van der Waals surface area contributed by atoms with Crippen molar-refractivity contribution in [1.82, 2.24) is 4.57 Å². The summed E-state index contributed by atoms with van der Waals surface area (Å²) in [5.41, 5.74) is 9.75. The fraction of sp³-hybridized carbons (Fsp3) is 0. The molecule has 0 saturated carbocycles. The molecule has 2 heteroatoms. The summed E-state index contributed by atoms with van der Waals surface area (Å²) in [5.74, 6) is 0. The molecule has 254 valence electrons. The lowest BCUT2D eigenvalue weighted by Gasteiger charge is -2.28. The molecule has 0 fully saturated rings. The van der Waals surface area contributed by atoms with Crippen LogP contribution in [0, 0.1) is 0 Å². The van der Waals surface area contributed by atoms with E-state index in [1.54, 1.807) is 0 Å². The van der Waals surface area contributed by atoms with Crippen LogP contribution in [-0.4, -0.2) is 4.57 Å². The van der Waals surface area contributed by atoms with Crippen molar-refractivity contribution >= 4 is 49.6 Å². The number of para-hydroxylation sites is 3. The molecule has 1 heterocycles. The van der Waals surface area contributed by atoms with E-state index >= 15 is 0 Å². The van der Waals surface area contributed by atoms with Crippen LogP contribution in [0.1, 0.15) is 5.48 Å². The molecular weight excluding hydrogens is 653 g/mol. The number of anilines is 3. The summed E-state index contributed by atoms with van der Waals surface area (Å²) < 4.78 is 40.6. The average Bonchev–Trinajstić information content (AvgIpc) is 3.63. The predicted molar refractivity (Wildman–Crippen MR) is 229 cm³/mol. The van der Waals surface area contributed by atoms with E-state index in [4.69, 9.17) is 0 Å². The Labute approximate surface area is 321 Å². The largest absolute Gasteiger partial charge is 0.310 e. The Kier molecular flexibility index (Phi) is 6.84. The van der Waals surface area contributed by atoms with Gasteiger partial charge in [-0.05, 0) is 99.2 Å². The first kappa shape index (κ1) is 27.5. The molecule has 0 unspecified atom stereocenters. The molecular formula is C52H36N2. The third kappa shape index (κ3) is 5.53. The lowest BCUT2D eigenvalue weighted by molar-refractivity contribution is 1.18. The molecule has 0 aliphatic carbocycles. The Hall–Kier alpha value is -7.16. The number of benzene rings is 9. The van der Waals surface area contributed by atoms with E-state index in [0.717, 1.165) is 66.2 Å². The lowest BCUT2D eigenvalue weighted by atomic mass is 9.96. The lowest BCUT2D eigenvalue weighted by Crippen LogP contribution is -2.11. The smallest absolute Gasteiger partial charge is 0.0645 e. The third-order valence-electron chi connectivity index (χ3n) is 10.3. The van der Waals surface area contributed by atoms with Crippen LogP contribution < -0.4 is 4.90 Å². The third-order valence-corrected chi connectivity index (χ3v) is 10.3. The van der Waals surface area contributed by atoms with Gasteiger partial charge in [-0.25, -0.2) is 0 Å². The van der Waals surface area contributed by atoms with Crippen molar-refractivity contribution < 1.29 is 5.48 Å². The molecule has 0 aliphatic rings. The highest BCUT2D eigenvalue weighted by Gasteiger charge is 2.21. The zero-order valence-corrected chi connectivity index (χ0v) is 29.4. The van der Waals surface area contributed by atoms with Crippen LogP contribution >= 0.6 is 0 Å². The SMILES string of the molecule is [2H]c1c([2H])c(N(c2ccc(-c3ccccc3)cc2)c2ccccc2-c2cccc3c2c2ccccc2n3-c2ccccc2)c([2H])c([2H])c1-c1ccc2ccccc2c1. The molecule has 10 rings (SSSR count). The van der Waals surface area contributed by atoms with Crippen LogP contribution in [-0.2, 0) is 0 Å². The Morgan fingerprint density at radius 3 is 1.81 bits per heavy atom. The molecule has 10 aromatic rings. The Bertz CT molecular complexity index is 3130. The van der Waals surface area contributed by atoms with Gasteiger partial charge in [0.25, 0.3) is 0 Å². The minimum atomic E-state index is -0.120. The summed E-state index contributed by atoms with van der Waals surface area (Å²) in [6.45, 7) is 0. The highest BCUT2D eigenvalue weighted by molar-refractivity contribution is 6.17. The first-order valence-corrected chi connectivity index (χ1v) is 18.2. The fourth-order valence-corrected chi connectivity index (χ4v) is 7.72. The van der Waals surface area contributed by atoms with Crippen LogP contribution in [0.25, 0.3) is 71.6 Å². The zero-order chi connectivity index (χ0) is 39.3. The molecule has 9 aromatic carbocycles. The monoisotopic (exact) mass is 692 g/mol. The first-order chi connectivity index (χ1) is 28.5. The van der Waals surface area contributed by atoms with Gasteiger partial charge in [-0.1, -0.05) is 158 Å². The van der Waals surface area contributed by atoms with Crippen molar-refractivity contribution in [2.45, 2.75) is 0 Å². The van der Waals surface area contributed by atoms with Gasteiger partial charge in [-0.15, -0.1) is 0 Å². The molecule has 0 radical (unpaired) electrons. The number of aromatic nitrogens is 1. The number of hydrogen-bond donors (Lipinski definition) is 0. The van der Waals surface area contributed by atoms with Crippen molar-refractivity contribution in [3.05, 3.63) is 218 Å². The van der Waals surface area contributed by atoms with Gasteiger partial charge >= 0.3 is 0 Å². The maximum absolute atomic E-state index is 9.67. The van der Waals surface area contributed by atoms with Crippen molar-refractivity contribution in [3.63, 3.8) is 0 Å². The maximum Gasteiger partial charge on any atom is 0.0645 e. The Balaban J connectivity index is 1.23. The van der Waals surface area contributed by atoms with Crippen molar-refractivity contribution in [1.29, 1.82) is 0 Å². The van der Waals surface area contributed by atoms with E-state index < -0.39 is 0 Å². The van der Waals surface area contributed by atoms with Gasteiger partial charge in [0.1, 0.15) is 0 Å². The molecule has 2 nitrogen and oxygen atoms in total. The Morgan fingerprint density at radius 2 is 1.00 bits per heavy atom. The number of fused-ring (bicyclic) bond motifs is 4. The second-order valence-electron chi connectivity index (χ2n) is 13.4. The summed E-state index contributed by atoms with van der Waals surface area (Å²) >= 11 is 0. The van der Waals surface area contributed by atoms with E-state index in [0.29, 0.717) is 11.3 Å². The standard InChI is InChI=1S/C52H36N2/c1-3-14-37(15-4-1)39-28-32-44(33-29-39)53(45-34-30-40(31-35-45)42-27-26-38-16-7-8-17-41(38)36-42)49-23-11-9-20-46(49)47-22-13-25-51-52(47)48-21-10-12-24-50(48)54(51)43-18-5-2-6-19-43/h1-36H/i30D,31D,34D,35D. The maximum atomic E-state index is 9.67. The van der Waals surface area contributed by atoms with Gasteiger partial charge in [0.05, 0.1) is 22.2 Å². The minimum absolute atomic E-state index is 0.0947. The molecule has 0 spiro atoms. The van der Waals surface area contributed by atoms with Gasteiger partial charge in [0.15, 0.2) is 0 Å². The number of nitrogens with zero attached hydrogens (tertiary/aromatic N) is 2. The average molecular weight is 693 g/mol. The molecule has 0 aliphatic heterocycles. The number of rotatable bonds is 7. The van der Waals surface area contributed by atoms with Gasteiger partial charge in [0.2, 0.25) is 0 Å². The summed E-state index contributed by atoms with van der Waals surface area (Å²) in [5, 5.41) is 4.20. The summed E-state index contributed by atoms with van der Waals surface area (Å²) in [6.07, 6.45) is 0. The number of hydrogen-bond acceptors (Lipinski definition) is 1. The second-order valence-corrected chi connectivity index (χ2v) is 13.4. The van der Waals surface area contributed by atoms with Crippen LogP contribution in [0.15, 0.2) is 218 Å². The normalized spacial score (nSPS) is 12.4. The van der Waals surface area contributed by atoms with Gasteiger partial charge in [-0.2, -0.15) is 0 Å². The van der Waals surface area contributed by atoms with E-state index in [-0.39, 0.29) is 35.4 Å². The highest BCUT2D eigenvalue weighted by atomic mass is 15.1. The molecule has 0 amide bonds. The van der Waals surface area contributed by atoms with Crippen molar-refractivity contribution in [2.75, 3.05) is 4.90 Å². The van der Waals surface area contributed by atoms with E-state index in [1.165, 1.54) is 0 Å². The van der Waals surface area contributed by atoms with Crippen molar-refractivity contribution in [3.8, 4) is 39.1 Å². The van der Waals surface area contributed by atoms with Crippen LogP contribution in [0.5, 0.6) is 0 Å². The van der Waals surface area contributed by atoms with E-state index in [1.807, 2.05) is 114 Å². The van der Waals surface area contributed by atoms with Gasteiger partial charge < -0.3 is 9.47 Å². The predicted octanol–water partition coefficient (Wildman–Crippen LogP) is 14.4. The molecule has 0 atom stereocenters. The Morgan fingerprint density at radius 1 is 0.389 bits per heavy atom. The van der Waals surface area contributed by atoms with E-state index in [2.05, 4.69) is 89.5 Å². The molecule has 0 bridgehead atoms. The van der Waals surface area contributed by atoms with Gasteiger partial charge in [-0.3, -0.25) is 0 Å². The summed E-state index contributed by atoms with van der Waals surface area (Å²) in [7, 11) is 0. The quantitative estimate of drug-likeness (QED) is 0.161.